The maximum absolute atomic E-state index is 6.59. The molecule has 0 N–H and O–H groups in total. The molecular formula is C66H38O. The van der Waals surface area contributed by atoms with Gasteiger partial charge in [0.2, 0.25) is 0 Å². The molecule has 15 aromatic rings. The van der Waals surface area contributed by atoms with Crippen molar-refractivity contribution in [3.63, 3.8) is 0 Å². The third-order valence-electron chi connectivity index (χ3n) is 14.7. The normalized spacial score (nSPS) is 12.2. The smallest absolute Gasteiger partial charge is 0.136 e. The summed E-state index contributed by atoms with van der Waals surface area (Å²) in [6, 6.07) is 85.5. The van der Waals surface area contributed by atoms with Crippen molar-refractivity contribution in [1.29, 1.82) is 0 Å². The highest BCUT2D eigenvalue weighted by Gasteiger charge is 2.19. The lowest BCUT2D eigenvalue weighted by Gasteiger charge is -2.18. The Labute approximate surface area is 385 Å². The average molecular weight is 847 g/mol. The number of furan rings is 1. The van der Waals surface area contributed by atoms with Gasteiger partial charge in [0.25, 0.3) is 0 Å². The van der Waals surface area contributed by atoms with E-state index in [0.717, 1.165) is 16.6 Å². The topological polar surface area (TPSA) is 13.1 Å². The van der Waals surface area contributed by atoms with Gasteiger partial charge in [-0.25, -0.2) is 0 Å². The van der Waals surface area contributed by atoms with Gasteiger partial charge in [0.1, 0.15) is 11.2 Å². The molecule has 0 radical (unpaired) electrons. The summed E-state index contributed by atoms with van der Waals surface area (Å²) in [6.07, 6.45) is 0. The number of hydrogen-bond donors (Lipinski definition) is 0. The molecule has 1 heteroatoms. The van der Waals surface area contributed by atoms with E-state index in [2.05, 4.69) is 231 Å². The first-order chi connectivity index (χ1) is 33.2. The molecule has 15 rings (SSSR count). The van der Waals surface area contributed by atoms with Crippen molar-refractivity contribution < 1.29 is 4.42 Å². The molecule has 0 saturated carbocycles. The van der Waals surface area contributed by atoms with Crippen LogP contribution in [-0.2, 0) is 0 Å². The molecule has 1 nitrogen and oxygen atoms in total. The highest BCUT2D eigenvalue weighted by molar-refractivity contribution is 6.30. The molecule has 0 aliphatic heterocycles. The van der Waals surface area contributed by atoms with Crippen LogP contribution >= 0.6 is 0 Å². The molecule has 1 aromatic heterocycles. The Bertz CT molecular complexity index is 4570. The highest BCUT2D eigenvalue weighted by Crippen LogP contribution is 2.46. The van der Waals surface area contributed by atoms with Crippen LogP contribution in [0.3, 0.4) is 0 Å². The molecule has 0 aliphatic rings. The summed E-state index contributed by atoms with van der Waals surface area (Å²) in [5.41, 5.74) is 9.26. The van der Waals surface area contributed by atoms with Crippen LogP contribution in [-0.4, -0.2) is 0 Å². The zero-order valence-corrected chi connectivity index (χ0v) is 36.3. The van der Waals surface area contributed by atoms with Gasteiger partial charge in [-0.15, -0.1) is 0 Å². The van der Waals surface area contributed by atoms with Gasteiger partial charge >= 0.3 is 0 Å². The van der Waals surface area contributed by atoms with E-state index in [-0.39, 0.29) is 0 Å². The van der Waals surface area contributed by atoms with Crippen molar-refractivity contribution in [3.05, 3.63) is 231 Å². The molecule has 67 heavy (non-hydrogen) atoms. The van der Waals surface area contributed by atoms with Gasteiger partial charge in [0, 0.05) is 10.8 Å². The Morgan fingerprint density at radius 2 is 0.597 bits per heavy atom. The van der Waals surface area contributed by atoms with Crippen molar-refractivity contribution >= 4 is 119 Å². The summed E-state index contributed by atoms with van der Waals surface area (Å²) in [4.78, 5) is 0. The van der Waals surface area contributed by atoms with Crippen LogP contribution in [0.1, 0.15) is 0 Å². The van der Waals surface area contributed by atoms with Gasteiger partial charge in [-0.1, -0.05) is 188 Å². The lowest BCUT2D eigenvalue weighted by Crippen LogP contribution is -1.91. The first-order valence-corrected chi connectivity index (χ1v) is 23.2. The molecule has 0 bridgehead atoms. The molecule has 1 heterocycles. The van der Waals surface area contributed by atoms with Crippen LogP contribution in [0, 0.1) is 0 Å². The monoisotopic (exact) mass is 846 g/mol. The Morgan fingerprint density at radius 3 is 1.28 bits per heavy atom. The zero-order chi connectivity index (χ0) is 43.7. The van der Waals surface area contributed by atoms with Gasteiger partial charge in [-0.2, -0.15) is 0 Å². The first kappa shape index (κ1) is 36.5. The van der Waals surface area contributed by atoms with Crippen molar-refractivity contribution in [1.82, 2.24) is 0 Å². The number of benzene rings is 14. The molecule has 0 aliphatic carbocycles. The van der Waals surface area contributed by atoms with Crippen LogP contribution in [0.2, 0.25) is 0 Å². The van der Waals surface area contributed by atoms with Crippen molar-refractivity contribution in [3.8, 4) is 33.4 Å². The first-order valence-electron chi connectivity index (χ1n) is 23.2. The third-order valence-corrected chi connectivity index (χ3v) is 14.7. The minimum atomic E-state index is 0.921. The summed E-state index contributed by atoms with van der Waals surface area (Å²) < 4.78 is 6.59. The second kappa shape index (κ2) is 13.9. The van der Waals surface area contributed by atoms with Crippen molar-refractivity contribution in [2.45, 2.75) is 0 Å². The second-order valence-corrected chi connectivity index (χ2v) is 18.3. The van der Waals surface area contributed by atoms with E-state index < -0.39 is 0 Å². The van der Waals surface area contributed by atoms with Crippen LogP contribution in [0.15, 0.2) is 235 Å². The minimum Gasteiger partial charge on any atom is -0.456 e. The predicted octanol–water partition coefficient (Wildman–Crippen LogP) is 19.0. The van der Waals surface area contributed by atoms with E-state index in [1.807, 2.05) is 0 Å². The van der Waals surface area contributed by atoms with E-state index in [9.17, 15) is 0 Å². The molecule has 0 saturated heterocycles. The van der Waals surface area contributed by atoms with E-state index in [1.54, 1.807) is 0 Å². The second-order valence-electron chi connectivity index (χ2n) is 18.3. The fraction of sp³-hybridized carbons (Fsp3) is 0. The third kappa shape index (κ3) is 5.37. The Hall–Kier alpha value is -8.78. The molecule has 0 spiro atoms. The number of rotatable bonds is 3. The maximum atomic E-state index is 6.59. The van der Waals surface area contributed by atoms with Crippen LogP contribution in [0.25, 0.3) is 152 Å². The highest BCUT2D eigenvalue weighted by atomic mass is 16.3. The maximum Gasteiger partial charge on any atom is 0.136 e. The van der Waals surface area contributed by atoms with E-state index in [1.165, 1.54) is 136 Å². The average Bonchev–Trinajstić information content (AvgIpc) is 3.77. The van der Waals surface area contributed by atoms with Crippen LogP contribution < -0.4 is 0 Å². The Kier molecular flexibility index (Phi) is 7.56. The van der Waals surface area contributed by atoms with E-state index in [4.69, 9.17) is 4.42 Å². The van der Waals surface area contributed by atoms with Gasteiger partial charge in [0.15, 0.2) is 0 Å². The summed E-state index contributed by atoms with van der Waals surface area (Å²) in [7, 11) is 0. The molecule has 14 aromatic carbocycles. The van der Waals surface area contributed by atoms with Gasteiger partial charge in [-0.05, 0) is 173 Å². The molecule has 0 amide bonds. The molecular weight excluding hydrogens is 809 g/mol. The lowest BCUT2D eigenvalue weighted by atomic mass is 9.85. The molecule has 0 fully saturated rings. The van der Waals surface area contributed by atoms with Crippen molar-refractivity contribution in [2.24, 2.45) is 0 Å². The quantitative estimate of drug-likeness (QED) is 0.128. The molecule has 308 valence electrons. The molecule has 0 unspecified atom stereocenters. The van der Waals surface area contributed by atoms with Gasteiger partial charge < -0.3 is 4.42 Å². The summed E-state index contributed by atoms with van der Waals surface area (Å²) in [5.74, 6) is 0. The fourth-order valence-electron chi connectivity index (χ4n) is 11.7. The predicted molar refractivity (Wildman–Crippen MR) is 288 cm³/mol. The number of fused-ring (bicyclic) bond motifs is 17. The standard InChI is InChI=1S/C66H38O/c1-3-13-48-39(11-1)21-25-45-35-47(28-30-49(45)48)65-56-19-9-7-17-54(56)64(55-18-8-10-20-57(55)65)46-26-24-41-33-42(22-23-43(41)34-46)44-27-31-53-58(36-44)51-15-5-6-16-52(51)59-37-61-63(38-60(53)59)67-62-32-29-40-12-2-4-14-50(40)66(61)62/h1-38H. The van der Waals surface area contributed by atoms with Crippen LogP contribution in [0.4, 0.5) is 0 Å². The van der Waals surface area contributed by atoms with Gasteiger partial charge in [0.05, 0.1) is 0 Å². The van der Waals surface area contributed by atoms with Crippen LogP contribution in [0.5, 0.6) is 0 Å². The van der Waals surface area contributed by atoms with Gasteiger partial charge in [-0.3, -0.25) is 0 Å². The zero-order valence-electron chi connectivity index (χ0n) is 36.3. The SMILES string of the molecule is c1ccc2c(c1)ccc1cc(-c3c4ccccc4c(-c4ccc5cc(-c6ccc7c(c6)c6ccccc6c6cc8c(cc76)oc6ccc7ccccc7c68)ccc5c4)c4ccccc34)ccc12. The summed E-state index contributed by atoms with van der Waals surface area (Å²) in [5, 5.41) is 24.8. The molecule has 0 atom stereocenters. The Morgan fingerprint density at radius 1 is 0.194 bits per heavy atom. The minimum absolute atomic E-state index is 0.921. The largest absolute Gasteiger partial charge is 0.456 e. The van der Waals surface area contributed by atoms with E-state index in [0.29, 0.717) is 0 Å². The van der Waals surface area contributed by atoms with E-state index >= 15 is 0 Å². The summed E-state index contributed by atoms with van der Waals surface area (Å²) >= 11 is 0. The fourth-order valence-corrected chi connectivity index (χ4v) is 11.7. The number of hydrogen-bond acceptors (Lipinski definition) is 1. The summed E-state index contributed by atoms with van der Waals surface area (Å²) in [6.45, 7) is 0. The lowest BCUT2D eigenvalue weighted by molar-refractivity contribution is 0.670. The van der Waals surface area contributed by atoms with Crippen molar-refractivity contribution in [2.75, 3.05) is 0 Å². The Balaban J connectivity index is 0.858.